The van der Waals surface area contributed by atoms with E-state index >= 15 is 0 Å². The van der Waals surface area contributed by atoms with Crippen molar-refractivity contribution in [2.24, 2.45) is 0 Å². The second kappa shape index (κ2) is 7.56. The maximum atomic E-state index is 12.0. The van der Waals surface area contributed by atoms with Crippen molar-refractivity contribution in [1.29, 1.82) is 0 Å². The maximum Gasteiger partial charge on any atom is 0.264 e. The molecule has 2 N–H and O–H groups in total. The number of hydrogen-bond acceptors (Lipinski definition) is 4. The van der Waals surface area contributed by atoms with Crippen LogP contribution in [0.25, 0.3) is 6.08 Å². The number of carbonyl (C=O) groups is 2. The molecule has 7 heteroatoms. The van der Waals surface area contributed by atoms with Gasteiger partial charge in [0.15, 0.2) is 0 Å². The zero-order valence-corrected chi connectivity index (χ0v) is 13.7. The van der Waals surface area contributed by atoms with Gasteiger partial charge in [-0.15, -0.1) is 0 Å². The molecule has 0 aliphatic heterocycles. The highest BCUT2D eigenvalue weighted by Gasteiger charge is 2.15. The standard InChI is InChI=1S/C17H16N2O4S/c1-18-17(21)14-10-7-13(8-11-14)9-12-16(20)19-24(22,23)15-5-3-2-4-6-15/h2-12H,1H3,(H,18,21)(H,19,20)/b12-9-. The Kier molecular flexibility index (Phi) is 5.49. The highest BCUT2D eigenvalue weighted by Crippen LogP contribution is 2.08. The predicted molar refractivity (Wildman–Crippen MR) is 90.6 cm³/mol. The van der Waals surface area contributed by atoms with E-state index in [2.05, 4.69) is 5.32 Å². The van der Waals surface area contributed by atoms with E-state index < -0.39 is 15.9 Å². The second-order valence-electron chi connectivity index (χ2n) is 4.82. The molecule has 2 aromatic rings. The van der Waals surface area contributed by atoms with Gasteiger partial charge in [-0.2, -0.15) is 0 Å². The molecule has 2 amide bonds. The van der Waals surface area contributed by atoms with Gasteiger partial charge in [0.05, 0.1) is 4.90 Å². The summed E-state index contributed by atoms with van der Waals surface area (Å²) in [7, 11) is -2.35. The van der Waals surface area contributed by atoms with Crippen molar-refractivity contribution in [3.05, 3.63) is 71.8 Å². The normalized spacial score (nSPS) is 11.2. The molecule has 0 unspecified atom stereocenters. The highest BCUT2D eigenvalue weighted by molar-refractivity contribution is 7.90. The molecule has 0 saturated heterocycles. The Morgan fingerprint density at radius 3 is 2.17 bits per heavy atom. The van der Waals surface area contributed by atoms with Crippen molar-refractivity contribution < 1.29 is 18.0 Å². The third-order valence-electron chi connectivity index (χ3n) is 3.12. The average Bonchev–Trinajstić information content (AvgIpc) is 2.60. The molecule has 0 radical (unpaired) electrons. The second-order valence-corrected chi connectivity index (χ2v) is 6.50. The summed E-state index contributed by atoms with van der Waals surface area (Å²) >= 11 is 0. The topological polar surface area (TPSA) is 92.3 Å². The molecule has 0 heterocycles. The number of benzene rings is 2. The lowest BCUT2D eigenvalue weighted by Crippen LogP contribution is -2.28. The first-order valence-corrected chi connectivity index (χ1v) is 8.53. The van der Waals surface area contributed by atoms with Crippen LogP contribution in [0.4, 0.5) is 0 Å². The van der Waals surface area contributed by atoms with Crippen LogP contribution in [0.3, 0.4) is 0 Å². The molecule has 24 heavy (non-hydrogen) atoms. The summed E-state index contributed by atoms with van der Waals surface area (Å²) in [5.74, 6) is -0.966. The summed E-state index contributed by atoms with van der Waals surface area (Å²) < 4.78 is 26.0. The van der Waals surface area contributed by atoms with E-state index in [9.17, 15) is 18.0 Å². The van der Waals surface area contributed by atoms with Gasteiger partial charge >= 0.3 is 0 Å². The molecule has 0 fully saturated rings. The van der Waals surface area contributed by atoms with E-state index in [1.165, 1.54) is 25.3 Å². The Morgan fingerprint density at radius 1 is 0.958 bits per heavy atom. The van der Waals surface area contributed by atoms with Crippen molar-refractivity contribution >= 4 is 27.9 Å². The lowest BCUT2D eigenvalue weighted by Gasteiger charge is -2.04. The minimum absolute atomic E-state index is 0.0154. The van der Waals surface area contributed by atoms with E-state index in [0.29, 0.717) is 11.1 Å². The average molecular weight is 344 g/mol. The fourth-order valence-electron chi connectivity index (χ4n) is 1.89. The van der Waals surface area contributed by atoms with Crippen molar-refractivity contribution in [1.82, 2.24) is 10.0 Å². The molecular formula is C17H16N2O4S. The molecule has 124 valence electrons. The van der Waals surface area contributed by atoms with Crippen LogP contribution >= 0.6 is 0 Å². The minimum Gasteiger partial charge on any atom is -0.355 e. The van der Waals surface area contributed by atoms with E-state index in [4.69, 9.17) is 0 Å². The predicted octanol–water partition coefficient (Wildman–Crippen LogP) is 1.56. The van der Waals surface area contributed by atoms with E-state index in [1.54, 1.807) is 42.5 Å². The minimum atomic E-state index is -3.89. The summed E-state index contributed by atoms with van der Waals surface area (Å²) in [6, 6.07) is 14.1. The number of amides is 2. The van der Waals surface area contributed by atoms with Crippen LogP contribution in [0, 0.1) is 0 Å². The van der Waals surface area contributed by atoms with Crippen LogP contribution in [-0.2, 0) is 14.8 Å². The fourth-order valence-corrected chi connectivity index (χ4v) is 2.85. The summed E-state index contributed by atoms with van der Waals surface area (Å²) in [6.45, 7) is 0. The summed E-state index contributed by atoms with van der Waals surface area (Å²) in [4.78, 5) is 23.2. The van der Waals surface area contributed by atoms with Crippen molar-refractivity contribution in [2.75, 3.05) is 7.05 Å². The van der Waals surface area contributed by atoms with Crippen molar-refractivity contribution in [2.45, 2.75) is 4.90 Å². The van der Waals surface area contributed by atoms with Gasteiger partial charge in [0.25, 0.3) is 21.8 Å². The first-order chi connectivity index (χ1) is 11.4. The smallest absolute Gasteiger partial charge is 0.264 e. The summed E-state index contributed by atoms with van der Waals surface area (Å²) in [6.07, 6.45) is 2.58. The van der Waals surface area contributed by atoms with Crippen LogP contribution in [0.15, 0.2) is 65.6 Å². The Bertz CT molecular complexity index is 857. The van der Waals surface area contributed by atoms with Gasteiger partial charge in [-0.25, -0.2) is 13.1 Å². The first-order valence-electron chi connectivity index (χ1n) is 7.04. The molecule has 6 nitrogen and oxygen atoms in total. The summed E-state index contributed by atoms with van der Waals surface area (Å²) in [5, 5.41) is 2.50. The third kappa shape index (κ3) is 4.53. The zero-order chi connectivity index (χ0) is 17.6. The van der Waals surface area contributed by atoms with Gasteiger partial charge in [0.2, 0.25) is 0 Å². The maximum absolute atomic E-state index is 12.0. The van der Waals surface area contributed by atoms with Crippen LogP contribution in [0.1, 0.15) is 15.9 Å². The molecule has 0 saturated carbocycles. The van der Waals surface area contributed by atoms with Crippen LogP contribution < -0.4 is 10.0 Å². The quantitative estimate of drug-likeness (QED) is 0.805. The number of sulfonamides is 1. The monoisotopic (exact) mass is 344 g/mol. The molecule has 0 atom stereocenters. The van der Waals surface area contributed by atoms with Crippen molar-refractivity contribution in [3.63, 3.8) is 0 Å². The Balaban J connectivity index is 2.04. The summed E-state index contributed by atoms with van der Waals surface area (Å²) in [5.41, 5.74) is 1.15. The van der Waals surface area contributed by atoms with Crippen LogP contribution in [-0.4, -0.2) is 27.3 Å². The Morgan fingerprint density at radius 2 is 1.58 bits per heavy atom. The molecule has 0 aliphatic carbocycles. The molecule has 0 aromatic heterocycles. The van der Waals surface area contributed by atoms with Gasteiger partial charge in [0.1, 0.15) is 0 Å². The van der Waals surface area contributed by atoms with E-state index in [0.717, 1.165) is 6.08 Å². The number of carbonyl (C=O) groups excluding carboxylic acids is 2. The SMILES string of the molecule is CNC(=O)c1ccc(/C=C\C(=O)NS(=O)(=O)c2ccccc2)cc1. The molecule has 2 rings (SSSR count). The van der Waals surface area contributed by atoms with Crippen LogP contribution in [0.2, 0.25) is 0 Å². The van der Waals surface area contributed by atoms with Crippen LogP contribution in [0.5, 0.6) is 0 Å². The van der Waals surface area contributed by atoms with E-state index in [-0.39, 0.29) is 10.8 Å². The number of nitrogens with one attached hydrogen (secondary N) is 2. The van der Waals surface area contributed by atoms with E-state index in [1.807, 2.05) is 4.72 Å². The number of hydrogen-bond donors (Lipinski definition) is 2. The third-order valence-corrected chi connectivity index (χ3v) is 4.48. The van der Waals surface area contributed by atoms with Gasteiger partial charge in [-0.05, 0) is 35.9 Å². The van der Waals surface area contributed by atoms with Gasteiger partial charge in [-0.3, -0.25) is 9.59 Å². The number of rotatable bonds is 5. The Hall–Kier alpha value is -2.93. The zero-order valence-electron chi connectivity index (χ0n) is 12.9. The van der Waals surface area contributed by atoms with Gasteiger partial charge in [-0.1, -0.05) is 30.3 Å². The lowest BCUT2D eigenvalue weighted by molar-refractivity contribution is -0.114. The molecule has 0 bridgehead atoms. The van der Waals surface area contributed by atoms with Gasteiger partial charge in [0, 0.05) is 18.7 Å². The molecule has 0 spiro atoms. The fraction of sp³-hybridized carbons (Fsp3) is 0.0588. The first kappa shape index (κ1) is 17.4. The van der Waals surface area contributed by atoms with Gasteiger partial charge < -0.3 is 5.32 Å². The Labute approximate surface area is 140 Å². The van der Waals surface area contributed by atoms with Crippen molar-refractivity contribution in [3.8, 4) is 0 Å². The lowest BCUT2D eigenvalue weighted by atomic mass is 10.1. The molecular weight excluding hydrogens is 328 g/mol. The molecule has 2 aromatic carbocycles. The molecule has 0 aliphatic rings. The highest BCUT2D eigenvalue weighted by atomic mass is 32.2. The largest absolute Gasteiger partial charge is 0.355 e.